The molecule has 2 rings (SSSR count). The Kier molecular flexibility index (Phi) is 8.39. The summed E-state index contributed by atoms with van der Waals surface area (Å²) in [6, 6.07) is 7.76. The lowest BCUT2D eigenvalue weighted by molar-refractivity contribution is -0.118. The minimum Gasteiger partial charge on any atom is -0.383 e. The number of nitrogens with one attached hydrogen (secondary N) is 1. The topological polar surface area (TPSA) is 139 Å². The Bertz CT molecular complexity index is 1160. The first-order chi connectivity index (χ1) is 15.0. The normalized spacial score (nSPS) is 11.8. The third-order valence-corrected chi connectivity index (χ3v) is 6.69. The van der Waals surface area contributed by atoms with Crippen molar-refractivity contribution < 1.29 is 13.2 Å². The summed E-state index contributed by atoms with van der Waals surface area (Å²) < 4.78 is 27.8. The van der Waals surface area contributed by atoms with E-state index in [1.165, 1.54) is 28.6 Å². The van der Waals surface area contributed by atoms with E-state index >= 15 is 0 Å². The first kappa shape index (κ1) is 25.3. The van der Waals surface area contributed by atoms with E-state index in [1.54, 1.807) is 18.2 Å². The summed E-state index contributed by atoms with van der Waals surface area (Å²) in [5.74, 6) is -0.673. The van der Waals surface area contributed by atoms with Gasteiger partial charge in [0.15, 0.2) is 5.69 Å². The number of sulfonamides is 1. The fourth-order valence-corrected chi connectivity index (χ4v) is 4.34. The highest BCUT2D eigenvalue weighted by molar-refractivity contribution is 7.89. The van der Waals surface area contributed by atoms with Gasteiger partial charge in [-0.25, -0.2) is 13.2 Å². The van der Waals surface area contributed by atoms with Crippen LogP contribution in [-0.4, -0.2) is 48.3 Å². The maximum absolute atomic E-state index is 13.2. The van der Waals surface area contributed by atoms with Gasteiger partial charge in [0.05, 0.1) is 11.4 Å². The van der Waals surface area contributed by atoms with Crippen molar-refractivity contribution in [3.05, 3.63) is 51.2 Å². The molecule has 1 amide bonds. The molecule has 0 atom stereocenters. The summed E-state index contributed by atoms with van der Waals surface area (Å²) in [7, 11) is -2.61. The Labute approximate surface area is 187 Å². The fourth-order valence-electron chi connectivity index (χ4n) is 3.20. The largest absolute Gasteiger partial charge is 0.383 e. The minimum atomic E-state index is -3.91. The number of hydrogen-bond donors (Lipinski definition) is 2. The van der Waals surface area contributed by atoms with Gasteiger partial charge in [0, 0.05) is 20.1 Å². The summed E-state index contributed by atoms with van der Waals surface area (Å²) in [4.78, 5) is 41.5. The van der Waals surface area contributed by atoms with E-state index < -0.39 is 33.7 Å². The summed E-state index contributed by atoms with van der Waals surface area (Å²) >= 11 is 0. The van der Waals surface area contributed by atoms with Crippen molar-refractivity contribution in [2.24, 2.45) is 5.92 Å². The number of unbranched alkanes of at least 4 members (excludes halogenated alkanes) is 1. The highest BCUT2D eigenvalue weighted by Gasteiger charge is 2.28. The van der Waals surface area contributed by atoms with Crippen molar-refractivity contribution in [3.8, 4) is 0 Å². The van der Waals surface area contributed by atoms with Crippen molar-refractivity contribution >= 4 is 27.4 Å². The second-order valence-electron chi connectivity index (χ2n) is 7.97. The number of H-pyrrole nitrogens is 1. The van der Waals surface area contributed by atoms with Crippen LogP contribution in [0.1, 0.15) is 33.6 Å². The van der Waals surface area contributed by atoms with E-state index in [4.69, 9.17) is 5.73 Å². The molecule has 0 spiro atoms. The number of aromatic amines is 1. The molecule has 3 N–H and O–H groups in total. The lowest BCUT2D eigenvalue weighted by atomic mass is 10.2. The SMILES string of the molecule is CCCCN(C(=O)CN(C)S(=O)(=O)c1ccccc1)c1c(N)n(CC(C)C)c(=O)[nH]c1=O. The molecule has 0 aliphatic carbocycles. The molecule has 0 saturated heterocycles. The van der Waals surface area contributed by atoms with Crippen LogP contribution in [0.2, 0.25) is 0 Å². The lowest BCUT2D eigenvalue weighted by Gasteiger charge is -2.26. The van der Waals surface area contributed by atoms with Gasteiger partial charge < -0.3 is 10.6 Å². The molecule has 176 valence electrons. The lowest BCUT2D eigenvalue weighted by Crippen LogP contribution is -2.46. The Balaban J connectivity index is 2.45. The molecule has 0 unspecified atom stereocenters. The number of anilines is 2. The van der Waals surface area contributed by atoms with Gasteiger partial charge in [-0.05, 0) is 24.5 Å². The molecule has 0 aliphatic heterocycles. The number of amides is 1. The fraction of sp³-hybridized carbons (Fsp3) is 0.476. The number of aromatic nitrogens is 2. The zero-order valence-electron chi connectivity index (χ0n) is 18.9. The van der Waals surface area contributed by atoms with Crippen LogP contribution in [0.3, 0.4) is 0 Å². The van der Waals surface area contributed by atoms with E-state index in [1.807, 2.05) is 20.8 Å². The number of nitrogens with two attached hydrogens (primary N) is 1. The first-order valence-corrected chi connectivity index (χ1v) is 11.9. The Hall–Kier alpha value is -2.92. The molecule has 1 heterocycles. The number of carbonyl (C=O) groups excluding carboxylic acids is 1. The number of hydrogen-bond acceptors (Lipinski definition) is 6. The minimum absolute atomic E-state index is 0.0539. The van der Waals surface area contributed by atoms with Crippen LogP contribution in [0.4, 0.5) is 11.5 Å². The predicted molar refractivity (Wildman–Crippen MR) is 124 cm³/mol. The van der Waals surface area contributed by atoms with Crippen LogP contribution in [-0.2, 0) is 21.4 Å². The molecule has 0 bridgehead atoms. The molecular weight excluding hydrogens is 434 g/mol. The van der Waals surface area contributed by atoms with Crippen molar-refractivity contribution in [3.63, 3.8) is 0 Å². The van der Waals surface area contributed by atoms with Gasteiger partial charge in [0.2, 0.25) is 15.9 Å². The van der Waals surface area contributed by atoms with Crippen LogP contribution < -0.4 is 21.9 Å². The standard InChI is InChI=1S/C21H31N5O5S/c1-5-6-12-25(18-19(22)26(13-15(2)3)21(29)23-20(18)28)17(27)14-24(4)32(30,31)16-10-8-7-9-11-16/h7-11,15H,5-6,12-14,22H2,1-4H3,(H,23,28,29). The molecule has 0 aliphatic rings. The van der Waals surface area contributed by atoms with Gasteiger partial charge in [-0.15, -0.1) is 0 Å². The van der Waals surface area contributed by atoms with Gasteiger partial charge in [0.1, 0.15) is 5.82 Å². The van der Waals surface area contributed by atoms with Crippen molar-refractivity contribution in [2.45, 2.75) is 45.1 Å². The molecule has 1 aromatic heterocycles. The van der Waals surface area contributed by atoms with E-state index in [0.717, 1.165) is 10.7 Å². The number of nitrogen functional groups attached to an aromatic ring is 1. The third-order valence-electron chi connectivity index (χ3n) is 4.88. The van der Waals surface area contributed by atoms with E-state index in [9.17, 15) is 22.8 Å². The number of rotatable bonds is 10. The highest BCUT2D eigenvalue weighted by atomic mass is 32.2. The average Bonchev–Trinajstić information content (AvgIpc) is 2.73. The van der Waals surface area contributed by atoms with E-state index in [-0.39, 0.29) is 35.4 Å². The zero-order valence-corrected chi connectivity index (χ0v) is 19.7. The van der Waals surface area contributed by atoms with Crippen LogP contribution >= 0.6 is 0 Å². The average molecular weight is 466 g/mol. The summed E-state index contributed by atoms with van der Waals surface area (Å²) in [5.41, 5.74) is 4.58. The summed E-state index contributed by atoms with van der Waals surface area (Å²) in [6.07, 6.45) is 1.29. The monoisotopic (exact) mass is 465 g/mol. The molecular formula is C21H31N5O5S. The molecule has 2 aromatic rings. The molecule has 10 nitrogen and oxygen atoms in total. The maximum atomic E-state index is 13.2. The zero-order chi connectivity index (χ0) is 24.1. The molecule has 1 aromatic carbocycles. The van der Waals surface area contributed by atoms with Gasteiger partial charge in [0.25, 0.3) is 5.56 Å². The van der Waals surface area contributed by atoms with Crippen LogP contribution in [0, 0.1) is 5.92 Å². The van der Waals surface area contributed by atoms with Crippen molar-refractivity contribution in [1.82, 2.24) is 13.9 Å². The number of nitrogens with zero attached hydrogens (tertiary/aromatic N) is 3. The quantitative estimate of drug-likeness (QED) is 0.541. The smallest absolute Gasteiger partial charge is 0.330 e. The number of likely N-dealkylation sites (N-methyl/N-ethyl adjacent to an activating group) is 1. The number of carbonyl (C=O) groups is 1. The summed E-state index contributed by atoms with van der Waals surface area (Å²) in [5, 5.41) is 0. The first-order valence-electron chi connectivity index (χ1n) is 10.4. The second-order valence-corrected chi connectivity index (χ2v) is 10.0. The molecule has 0 saturated carbocycles. The Morgan fingerprint density at radius 1 is 1.19 bits per heavy atom. The van der Waals surface area contributed by atoms with Crippen LogP contribution in [0.15, 0.2) is 44.8 Å². The molecule has 11 heteroatoms. The second kappa shape index (κ2) is 10.6. The van der Waals surface area contributed by atoms with Crippen molar-refractivity contribution in [2.75, 3.05) is 30.8 Å². The Morgan fingerprint density at radius 2 is 1.81 bits per heavy atom. The van der Waals surface area contributed by atoms with Gasteiger partial charge in [-0.1, -0.05) is 45.4 Å². The molecule has 0 radical (unpaired) electrons. The van der Waals surface area contributed by atoms with E-state index in [0.29, 0.717) is 6.42 Å². The third kappa shape index (κ3) is 5.65. The molecule has 32 heavy (non-hydrogen) atoms. The van der Waals surface area contributed by atoms with Gasteiger partial charge in [-0.3, -0.25) is 19.1 Å². The highest BCUT2D eigenvalue weighted by Crippen LogP contribution is 2.20. The van der Waals surface area contributed by atoms with Gasteiger partial charge in [-0.2, -0.15) is 4.31 Å². The van der Waals surface area contributed by atoms with E-state index in [2.05, 4.69) is 4.98 Å². The van der Waals surface area contributed by atoms with Gasteiger partial charge >= 0.3 is 5.69 Å². The Morgan fingerprint density at radius 3 is 2.38 bits per heavy atom. The van der Waals surface area contributed by atoms with Crippen LogP contribution in [0.5, 0.6) is 0 Å². The predicted octanol–water partition coefficient (Wildman–Crippen LogP) is 1.23. The summed E-state index contributed by atoms with van der Waals surface area (Å²) in [6.45, 7) is 5.61. The van der Waals surface area contributed by atoms with Crippen molar-refractivity contribution in [1.29, 1.82) is 0 Å². The maximum Gasteiger partial charge on any atom is 0.330 e. The van der Waals surface area contributed by atoms with Crippen LogP contribution in [0.25, 0.3) is 0 Å². The molecule has 0 fully saturated rings. The number of benzene rings is 1.